The normalized spacial score (nSPS) is 17.9. The van der Waals surface area contributed by atoms with Crippen molar-refractivity contribution in [3.63, 3.8) is 0 Å². The molecule has 1 unspecified atom stereocenters. The lowest BCUT2D eigenvalue weighted by molar-refractivity contribution is 0.170. The standard InChI is InChI=1S/C18H24N4O3S/c1-26(24,25)14-16-6-3-9-21(13-16)18(23)19-12-15-5-2-7-17(11-15)22-10-4-8-20-22/h2,4-5,7-8,10-11,16H,3,6,9,12-14H2,1H3,(H,19,23). The van der Waals surface area contributed by atoms with Crippen LogP contribution in [-0.2, 0) is 16.4 Å². The van der Waals surface area contributed by atoms with E-state index < -0.39 is 9.84 Å². The molecule has 26 heavy (non-hydrogen) atoms. The van der Waals surface area contributed by atoms with Gasteiger partial charge in [-0.25, -0.2) is 17.9 Å². The maximum atomic E-state index is 12.4. The number of benzene rings is 1. The predicted molar refractivity (Wildman–Crippen MR) is 99.8 cm³/mol. The first kappa shape index (κ1) is 18.4. The average molecular weight is 376 g/mol. The van der Waals surface area contributed by atoms with Gasteiger partial charge in [-0.2, -0.15) is 5.10 Å². The van der Waals surface area contributed by atoms with Crippen LogP contribution >= 0.6 is 0 Å². The quantitative estimate of drug-likeness (QED) is 0.863. The SMILES string of the molecule is CS(=O)(=O)CC1CCCN(C(=O)NCc2cccc(-n3cccn3)c2)C1. The zero-order valence-corrected chi connectivity index (χ0v) is 15.7. The fraction of sp³-hybridized carbons (Fsp3) is 0.444. The topological polar surface area (TPSA) is 84.3 Å². The highest BCUT2D eigenvalue weighted by Gasteiger charge is 2.25. The minimum Gasteiger partial charge on any atom is -0.334 e. The van der Waals surface area contributed by atoms with E-state index in [1.54, 1.807) is 15.8 Å². The number of amides is 2. The number of aromatic nitrogens is 2. The smallest absolute Gasteiger partial charge is 0.317 e. The Morgan fingerprint density at radius 2 is 2.19 bits per heavy atom. The molecule has 2 heterocycles. The van der Waals surface area contributed by atoms with Crippen LogP contribution in [0.2, 0.25) is 0 Å². The van der Waals surface area contributed by atoms with E-state index >= 15 is 0 Å². The molecule has 0 radical (unpaired) electrons. The van der Waals surface area contributed by atoms with Crippen molar-refractivity contribution in [2.24, 2.45) is 5.92 Å². The van der Waals surface area contributed by atoms with Crippen LogP contribution in [0.4, 0.5) is 4.79 Å². The number of hydrogen-bond donors (Lipinski definition) is 1. The molecule has 140 valence electrons. The van der Waals surface area contributed by atoms with Crippen LogP contribution in [0, 0.1) is 5.92 Å². The first-order chi connectivity index (χ1) is 12.4. The van der Waals surface area contributed by atoms with Crippen LogP contribution in [0.3, 0.4) is 0 Å². The number of carbonyl (C=O) groups excluding carboxylic acids is 1. The number of rotatable bonds is 5. The summed E-state index contributed by atoms with van der Waals surface area (Å²) in [6.07, 6.45) is 6.52. The Morgan fingerprint density at radius 1 is 1.35 bits per heavy atom. The summed E-state index contributed by atoms with van der Waals surface area (Å²) in [5.41, 5.74) is 1.92. The highest BCUT2D eigenvalue weighted by Crippen LogP contribution is 2.18. The van der Waals surface area contributed by atoms with Gasteiger partial charge in [-0.15, -0.1) is 0 Å². The lowest BCUT2D eigenvalue weighted by atomic mass is 10.0. The monoisotopic (exact) mass is 376 g/mol. The number of hydrogen-bond acceptors (Lipinski definition) is 4. The maximum Gasteiger partial charge on any atom is 0.317 e. The number of carbonyl (C=O) groups is 1. The van der Waals surface area contributed by atoms with E-state index in [0.717, 1.165) is 24.1 Å². The summed E-state index contributed by atoms with van der Waals surface area (Å²) < 4.78 is 24.7. The number of urea groups is 1. The Hall–Kier alpha value is -2.35. The zero-order chi connectivity index (χ0) is 18.6. The number of nitrogens with one attached hydrogen (secondary N) is 1. The molecule has 2 amide bonds. The fourth-order valence-electron chi connectivity index (χ4n) is 3.33. The molecule has 1 fully saturated rings. The van der Waals surface area contributed by atoms with Crippen molar-refractivity contribution in [2.75, 3.05) is 25.1 Å². The first-order valence-electron chi connectivity index (χ1n) is 8.70. The van der Waals surface area contributed by atoms with Crippen LogP contribution in [-0.4, -0.2) is 54.2 Å². The van der Waals surface area contributed by atoms with Crippen molar-refractivity contribution < 1.29 is 13.2 Å². The van der Waals surface area contributed by atoms with E-state index in [4.69, 9.17) is 0 Å². The molecule has 1 aliphatic heterocycles. The second-order valence-electron chi connectivity index (χ2n) is 6.83. The second-order valence-corrected chi connectivity index (χ2v) is 9.01. The maximum absolute atomic E-state index is 12.4. The Balaban J connectivity index is 1.56. The molecular weight excluding hydrogens is 352 g/mol. The molecule has 2 aromatic rings. The van der Waals surface area contributed by atoms with Crippen LogP contribution in [0.5, 0.6) is 0 Å². The van der Waals surface area contributed by atoms with Crippen LogP contribution in [0.15, 0.2) is 42.7 Å². The lowest BCUT2D eigenvalue weighted by Crippen LogP contribution is -2.46. The van der Waals surface area contributed by atoms with Crippen LogP contribution in [0.1, 0.15) is 18.4 Å². The van der Waals surface area contributed by atoms with Gasteiger partial charge in [-0.3, -0.25) is 0 Å². The van der Waals surface area contributed by atoms with E-state index in [-0.39, 0.29) is 17.7 Å². The fourth-order valence-corrected chi connectivity index (χ4v) is 4.46. The minimum absolute atomic E-state index is 0.0210. The van der Waals surface area contributed by atoms with Crippen molar-refractivity contribution in [1.82, 2.24) is 20.0 Å². The largest absolute Gasteiger partial charge is 0.334 e. The van der Waals surface area contributed by atoms with Crippen molar-refractivity contribution in [3.05, 3.63) is 48.3 Å². The van der Waals surface area contributed by atoms with Gasteiger partial charge < -0.3 is 10.2 Å². The summed E-state index contributed by atoms with van der Waals surface area (Å²) in [5.74, 6) is 0.163. The second kappa shape index (κ2) is 7.90. The molecule has 0 spiro atoms. The third kappa shape index (κ3) is 5.08. The van der Waals surface area contributed by atoms with Gasteiger partial charge >= 0.3 is 6.03 Å². The van der Waals surface area contributed by atoms with Crippen LogP contribution < -0.4 is 5.32 Å². The van der Waals surface area contributed by atoms with Gasteiger partial charge in [-0.05, 0) is 42.5 Å². The number of sulfone groups is 1. The van der Waals surface area contributed by atoms with E-state index in [1.807, 2.05) is 36.5 Å². The molecule has 0 bridgehead atoms. The summed E-state index contributed by atoms with van der Waals surface area (Å²) in [6.45, 7) is 1.58. The van der Waals surface area contributed by atoms with E-state index in [2.05, 4.69) is 10.4 Å². The third-order valence-corrected chi connectivity index (χ3v) is 5.54. The van der Waals surface area contributed by atoms with E-state index in [0.29, 0.717) is 19.6 Å². The van der Waals surface area contributed by atoms with Gasteiger partial charge in [0.15, 0.2) is 0 Å². The molecular formula is C18H24N4O3S. The predicted octanol–water partition coefficient (Wildman–Crippen LogP) is 1.84. The summed E-state index contributed by atoms with van der Waals surface area (Å²) in [6, 6.07) is 9.54. The molecule has 8 heteroatoms. The molecule has 3 rings (SSSR count). The molecule has 1 aromatic heterocycles. The number of nitrogens with zero attached hydrogens (tertiary/aromatic N) is 3. The van der Waals surface area contributed by atoms with Gasteiger partial charge in [-0.1, -0.05) is 12.1 Å². The van der Waals surface area contributed by atoms with Gasteiger partial charge in [0, 0.05) is 38.3 Å². The van der Waals surface area contributed by atoms with Crippen LogP contribution in [0.25, 0.3) is 5.69 Å². The van der Waals surface area contributed by atoms with Crippen molar-refractivity contribution >= 4 is 15.9 Å². The first-order valence-corrected chi connectivity index (χ1v) is 10.8. The highest BCUT2D eigenvalue weighted by atomic mass is 32.2. The average Bonchev–Trinajstić information content (AvgIpc) is 3.13. The number of likely N-dealkylation sites (tertiary alicyclic amines) is 1. The minimum atomic E-state index is -3.02. The van der Waals surface area contributed by atoms with Crippen molar-refractivity contribution in [2.45, 2.75) is 19.4 Å². The van der Waals surface area contributed by atoms with E-state index in [9.17, 15) is 13.2 Å². The summed E-state index contributed by atoms with van der Waals surface area (Å²) in [7, 11) is -3.02. The Labute approximate surface area is 153 Å². The third-order valence-electron chi connectivity index (χ3n) is 4.47. The van der Waals surface area contributed by atoms with Gasteiger partial charge in [0.1, 0.15) is 9.84 Å². The Kier molecular flexibility index (Phi) is 5.61. The summed E-state index contributed by atoms with van der Waals surface area (Å²) in [5, 5.41) is 7.14. The molecule has 0 aliphatic carbocycles. The number of piperidine rings is 1. The molecule has 1 atom stereocenters. The Morgan fingerprint density at radius 3 is 2.92 bits per heavy atom. The van der Waals surface area contributed by atoms with Gasteiger partial charge in [0.25, 0.3) is 0 Å². The summed E-state index contributed by atoms with van der Waals surface area (Å²) >= 11 is 0. The summed E-state index contributed by atoms with van der Waals surface area (Å²) in [4.78, 5) is 14.2. The lowest BCUT2D eigenvalue weighted by Gasteiger charge is -2.32. The molecule has 1 aliphatic rings. The van der Waals surface area contributed by atoms with Gasteiger partial charge in [0.05, 0.1) is 11.4 Å². The van der Waals surface area contributed by atoms with Gasteiger partial charge in [0.2, 0.25) is 0 Å². The molecule has 7 nitrogen and oxygen atoms in total. The molecule has 0 saturated carbocycles. The molecule has 1 N–H and O–H groups in total. The Bertz CT molecular complexity index is 849. The zero-order valence-electron chi connectivity index (χ0n) is 14.8. The highest BCUT2D eigenvalue weighted by molar-refractivity contribution is 7.90. The van der Waals surface area contributed by atoms with Crippen molar-refractivity contribution in [1.29, 1.82) is 0 Å². The molecule has 1 aromatic carbocycles. The molecule has 1 saturated heterocycles. The van der Waals surface area contributed by atoms with E-state index in [1.165, 1.54) is 6.26 Å². The van der Waals surface area contributed by atoms with Crippen molar-refractivity contribution in [3.8, 4) is 5.69 Å².